The minimum atomic E-state index is -0.268. The Balaban J connectivity index is 1.81. The van der Waals surface area contributed by atoms with Crippen LogP contribution in [0.25, 0.3) is 5.82 Å². The zero-order valence-electron chi connectivity index (χ0n) is 10.2. The third-order valence-corrected chi connectivity index (χ3v) is 2.91. The largest absolute Gasteiger partial charge is 0.346 e. The topological polar surface area (TPSA) is 49.2 Å². The summed E-state index contributed by atoms with van der Waals surface area (Å²) >= 11 is 0. The molecular formula is C13H15N3O2. The Morgan fingerprint density at radius 3 is 2.72 bits per heavy atom. The van der Waals surface area contributed by atoms with E-state index < -0.39 is 0 Å². The highest BCUT2D eigenvalue weighted by atomic mass is 16.7. The second kappa shape index (κ2) is 4.88. The number of ether oxygens (including phenoxy) is 2. The van der Waals surface area contributed by atoms with Gasteiger partial charge in [0.25, 0.3) is 0 Å². The molecule has 5 heteroatoms. The molecule has 0 saturated carbocycles. The van der Waals surface area contributed by atoms with Crippen molar-refractivity contribution in [2.75, 3.05) is 13.2 Å². The van der Waals surface area contributed by atoms with Gasteiger partial charge in [0, 0.05) is 18.0 Å². The molecule has 18 heavy (non-hydrogen) atoms. The van der Waals surface area contributed by atoms with Gasteiger partial charge in [-0.25, -0.2) is 9.67 Å². The predicted molar refractivity (Wildman–Crippen MR) is 65.4 cm³/mol. The van der Waals surface area contributed by atoms with Crippen molar-refractivity contribution in [1.82, 2.24) is 14.8 Å². The lowest BCUT2D eigenvalue weighted by Gasteiger charge is -2.09. The molecule has 0 atom stereocenters. The molecule has 0 N–H and O–H groups in total. The highest BCUT2D eigenvalue weighted by Crippen LogP contribution is 2.22. The maximum Gasteiger partial charge on any atom is 0.185 e. The first kappa shape index (κ1) is 11.4. The third-order valence-electron chi connectivity index (χ3n) is 2.91. The molecule has 0 aliphatic carbocycles. The van der Waals surface area contributed by atoms with Gasteiger partial charge in [0.15, 0.2) is 12.1 Å². The highest BCUT2D eigenvalue weighted by Gasteiger charge is 2.18. The van der Waals surface area contributed by atoms with Crippen molar-refractivity contribution in [3.05, 3.63) is 41.9 Å². The molecule has 0 spiro atoms. The molecule has 0 aromatic carbocycles. The number of nitrogens with zero attached hydrogens (tertiary/aromatic N) is 3. The minimum absolute atomic E-state index is 0.268. The van der Waals surface area contributed by atoms with E-state index in [9.17, 15) is 0 Å². The fraction of sp³-hybridized carbons (Fsp3) is 0.385. The van der Waals surface area contributed by atoms with Crippen LogP contribution in [0.1, 0.15) is 24.5 Å². The number of pyridine rings is 1. The summed E-state index contributed by atoms with van der Waals surface area (Å²) in [7, 11) is 0. The lowest BCUT2D eigenvalue weighted by molar-refractivity contribution is -0.0443. The van der Waals surface area contributed by atoms with Crippen molar-refractivity contribution in [2.45, 2.75) is 19.6 Å². The van der Waals surface area contributed by atoms with Crippen LogP contribution in [-0.2, 0) is 15.9 Å². The molecule has 0 unspecified atom stereocenters. The predicted octanol–water partition coefficient (Wildman–Crippen LogP) is 1.88. The number of rotatable bonds is 3. The van der Waals surface area contributed by atoms with Crippen LogP contribution in [0.15, 0.2) is 30.6 Å². The summed E-state index contributed by atoms with van der Waals surface area (Å²) in [5.41, 5.74) is 2.00. The molecule has 0 bridgehead atoms. The molecule has 1 saturated heterocycles. The van der Waals surface area contributed by atoms with Crippen LogP contribution in [0.5, 0.6) is 0 Å². The van der Waals surface area contributed by atoms with Crippen LogP contribution in [0.2, 0.25) is 0 Å². The Labute approximate surface area is 105 Å². The molecule has 0 amide bonds. The number of aromatic nitrogens is 3. The summed E-state index contributed by atoms with van der Waals surface area (Å²) in [5, 5.41) is 4.42. The van der Waals surface area contributed by atoms with Gasteiger partial charge in [0.1, 0.15) is 0 Å². The monoisotopic (exact) mass is 245 g/mol. The molecule has 3 heterocycles. The summed E-state index contributed by atoms with van der Waals surface area (Å²) in [4.78, 5) is 4.38. The van der Waals surface area contributed by atoms with Crippen LogP contribution < -0.4 is 0 Å². The van der Waals surface area contributed by atoms with Gasteiger partial charge in [-0.1, -0.05) is 6.92 Å². The van der Waals surface area contributed by atoms with E-state index in [1.807, 2.05) is 24.4 Å². The Bertz CT molecular complexity index is 515. The molecule has 1 fully saturated rings. The summed E-state index contributed by atoms with van der Waals surface area (Å²) in [6, 6.07) is 5.89. The fourth-order valence-corrected chi connectivity index (χ4v) is 1.90. The maximum absolute atomic E-state index is 5.42. The molecule has 5 nitrogen and oxygen atoms in total. The summed E-state index contributed by atoms with van der Waals surface area (Å²) in [6.45, 7) is 3.37. The summed E-state index contributed by atoms with van der Waals surface area (Å²) in [6.07, 6.45) is 4.35. The van der Waals surface area contributed by atoms with E-state index in [1.54, 1.807) is 10.9 Å². The normalized spacial score (nSPS) is 16.3. The molecule has 0 radical (unpaired) electrons. The fourth-order valence-electron chi connectivity index (χ4n) is 1.90. The maximum atomic E-state index is 5.42. The lowest BCUT2D eigenvalue weighted by Crippen LogP contribution is -2.02. The van der Waals surface area contributed by atoms with Crippen molar-refractivity contribution < 1.29 is 9.47 Å². The first-order chi connectivity index (χ1) is 8.86. The highest BCUT2D eigenvalue weighted by molar-refractivity contribution is 5.25. The van der Waals surface area contributed by atoms with Gasteiger partial charge in [-0.05, 0) is 24.6 Å². The van der Waals surface area contributed by atoms with Crippen LogP contribution >= 0.6 is 0 Å². The number of hydrogen-bond donors (Lipinski definition) is 0. The molecule has 1 aliphatic heterocycles. The van der Waals surface area contributed by atoms with Crippen molar-refractivity contribution in [1.29, 1.82) is 0 Å². The summed E-state index contributed by atoms with van der Waals surface area (Å²) < 4.78 is 12.6. The zero-order valence-corrected chi connectivity index (χ0v) is 10.2. The van der Waals surface area contributed by atoms with Crippen molar-refractivity contribution in [2.24, 2.45) is 0 Å². The second-order valence-electron chi connectivity index (χ2n) is 4.13. The lowest BCUT2D eigenvalue weighted by atomic mass is 10.3. The van der Waals surface area contributed by atoms with E-state index in [0.717, 1.165) is 23.5 Å². The van der Waals surface area contributed by atoms with Gasteiger partial charge in [0.05, 0.1) is 18.9 Å². The standard InChI is InChI=1S/C13H15N3O2/c1-2-11-5-6-16(15-11)12-4-3-10(9-14-12)13-17-7-8-18-13/h3-6,9,13H,2,7-8H2,1H3. The minimum Gasteiger partial charge on any atom is -0.346 e. The van der Waals surface area contributed by atoms with Gasteiger partial charge in [-0.15, -0.1) is 0 Å². The number of aryl methyl sites for hydroxylation is 1. The van der Waals surface area contributed by atoms with Gasteiger partial charge in [-0.3, -0.25) is 0 Å². The third kappa shape index (κ3) is 2.14. The molecule has 2 aromatic rings. The molecular weight excluding hydrogens is 230 g/mol. The first-order valence-electron chi connectivity index (χ1n) is 6.11. The van der Waals surface area contributed by atoms with Crippen molar-refractivity contribution in [3.8, 4) is 5.82 Å². The van der Waals surface area contributed by atoms with Crippen LogP contribution in [0, 0.1) is 0 Å². The van der Waals surface area contributed by atoms with Crippen LogP contribution in [-0.4, -0.2) is 28.0 Å². The number of hydrogen-bond acceptors (Lipinski definition) is 4. The first-order valence-corrected chi connectivity index (χ1v) is 6.11. The van der Waals surface area contributed by atoms with E-state index in [4.69, 9.17) is 9.47 Å². The Morgan fingerprint density at radius 2 is 2.11 bits per heavy atom. The molecule has 1 aliphatic rings. The smallest absolute Gasteiger partial charge is 0.185 e. The van der Waals surface area contributed by atoms with Gasteiger partial charge < -0.3 is 9.47 Å². The SMILES string of the molecule is CCc1ccn(-c2ccc(C3OCCO3)cn2)n1. The van der Waals surface area contributed by atoms with Gasteiger partial charge in [-0.2, -0.15) is 5.10 Å². The Kier molecular flexibility index (Phi) is 3.08. The van der Waals surface area contributed by atoms with E-state index in [-0.39, 0.29) is 6.29 Å². The van der Waals surface area contributed by atoms with E-state index in [0.29, 0.717) is 13.2 Å². The van der Waals surface area contributed by atoms with Crippen LogP contribution in [0.3, 0.4) is 0 Å². The quantitative estimate of drug-likeness (QED) is 0.828. The van der Waals surface area contributed by atoms with Crippen molar-refractivity contribution >= 4 is 0 Å². The van der Waals surface area contributed by atoms with E-state index in [2.05, 4.69) is 17.0 Å². The Morgan fingerprint density at radius 1 is 1.28 bits per heavy atom. The van der Waals surface area contributed by atoms with Gasteiger partial charge in [0.2, 0.25) is 0 Å². The van der Waals surface area contributed by atoms with E-state index in [1.165, 1.54) is 0 Å². The second-order valence-corrected chi connectivity index (χ2v) is 4.13. The summed E-state index contributed by atoms with van der Waals surface area (Å²) in [5.74, 6) is 0.802. The molecule has 94 valence electrons. The van der Waals surface area contributed by atoms with E-state index >= 15 is 0 Å². The van der Waals surface area contributed by atoms with Crippen molar-refractivity contribution in [3.63, 3.8) is 0 Å². The molecule has 2 aromatic heterocycles. The average molecular weight is 245 g/mol. The molecule has 3 rings (SSSR count). The Hall–Kier alpha value is -1.72. The van der Waals surface area contributed by atoms with Gasteiger partial charge >= 0.3 is 0 Å². The zero-order chi connectivity index (χ0) is 12.4. The van der Waals surface area contributed by atoms with Crippen LogP contribution in [0.4, 0.5) is 0 Å². The average Bonchev–Trinajstić information content (AvgIpc) is 3.10.